The van der Waals surface area contributed by atoms with Crippen molar-refractivity contribution in [2.45, 2.75) is 43.0 Å². The molecule has 0 unspecified atom stereocenters. The van der Waals surface area contributed by atoms with E-state index >= 15 is 0 Å². The van der Waals surface area contributed by atoms with Gasteiger partial charge in [0.1, 0.15) is 0 Å². The number of rotatable bonds is 5. The van der Waals surface area contributed by atoms with Crippen molar-refractivity contribution in [3.05, 3.63) is 0 Å². The Kier molecular flexibility index (Phi) is 4.41. The topological polar surface area (TPSA) is 40.6 Å². The van der Waals surface area contributed by atoms with Crippen LogP contribution in [-0.4, -0.2) is 60.4 Å². The first kappa shape index (κ1) is 14.8. The van der Waals surface area contributed by atoms with Gasteiger partial charge < -0.3 is 4.90 Å². The van der Waals surface area contributed by atoms with Gasteiger partial charge in [-0.15, -0.1) is 0 Å². The highest BCUT2D eigenvalue weighted by atomic mass is 79.9. The van der Waals surface area contributed by atoms with E-state index in [0.717, 1.165) is 32.5 Å². The van der Waals surface area contributed by atoms with Crippen molar-refractivity contribution < 1.29 is 8.42 Å². The van der Waals surface area contributed by atoms with Gasteiger partial charge in [-0.3, -0.25) is 0 Å². The molecule has 0 bridgehead atoms. The van der Waals surface area contributed by atoms with Crippen molar-refractivity contribution in [1.82, 2.24) is 9.21 Å². The average Bonchev–Trinajstić information content (AvgIpc) is 3.07. The van der Waals surface area contributed by atoms with Crippen LogP contribution < -0.4 is 0 Å². The maximum absolute atomic E-state index is 11.8. The van der Waals surface area contributed by atoms with Crippen molar-refractivity contribution in [2.24, 2.45) is 0 Å². The van der Waals surface area contributed by atoms with Crippen LogP contribution in [0.15, 0.2) is 0 Å². The summed E-state index contributed by atoms with van der Waals surface area (Å²) in [5.74, 6) is 0.203. The van der Waals surface area contributed by atoms with E-state index in [9.17, 15) is 8.42 Å². The van der Waals surface area contributed by atoms with Crippen molar-refractivity contribution in [3.8, 4) is 0 Å². The fourth-order valence-corrected chi connectivity index (χ4v) is 4.19. The van der Waals surface area contributed by atoms with Crippen LogP contribution in [0.3, 0.4) is 0 Å². The lowest BCUT2D eigenvalue weighted by Gasteiger charge is -2.36. The van der Waals surface area contributed by atoms with Crippen molar-refractivity contribution in [2.75, 3.05) is 32.4 Å². The van der Waals surface area contributed by atoms with Gasteiger partial charge in [-0.2, -0.15) is 0 Å². The molecule has 0 aromatic carbocycles. The molecule has 1 heterocycles. The first-order valence-electron chi connectivity index (χ1n) is 6.73. The summed E-state index contributed by atoms with van der Waals surface area (Å²) in [5.41, 5.74) is 0. The highest BCUT2D eigenvalue weighted by Crippen LogP contribution is 2.45. The maximum Gasteiger partial charge on any atom is 0.213 e. The average molecular weight is 339 g/mol. The summed E-state index contributed by atoms with van der Waals surface area (Å²) < 4.78 is 25.6. The monoisotopic (exact) mass is 338 g/mol. The highest BCUT2D eigenvalue weighted by Gasteiger charge is 2.42. The molecular weight excluding hydrogens is 316 g/mol. The standard InChI is InChI=1S/C12H23BrN2O2S/c1-3-18(16,17)14(2)11-4-8-15(9-5-11)10-12(13)6-7-12/h11H,3-10H2,1-2H3. The Morgan fingerprint density at radius 2 is 1.89 bits per heavy atom. The van der Waals surface area contributed by atoms with Gasteiger partial charge in [0.25, 0.3) is 0 Å². The molecule has 2 rings (SSSR count). The molecule has 2 aliphatic rings. The summed E-state index contributed by atoms with van der Waals surface area (Å²) in [6.07, 6.45) is 4.46. The molecule has 0 amide bonds. The Balaban J connectivity index is 1.83. The van der Waals surface area contributed by atoms with E-state index in [4.69, 9.17) is 0 Å². The molecule has 1 saturated heterocycles. The fourth-order valence-electron chi connectivity index (χ4n) is 2.57. The normalized spacial score (nSPS) is 25.6. The van der Waals surface area contributed by atoms with Crippen molar-refractivity contribution in [3.63, 3.8) is 0 Å². The molecule has 18 heavy (non-hydrogen) atoms. The van der Waals surface area contributed by atoms with E-state index in [1.54, 1.807) is 18.3 Å². The lowest BCUT2D eigenvalue weighted by Crippen LogP contribution is -2.47. The van der Waals surface area contributed by atoms with E-state index < -0.39 is 10.0 Å². The third-order valence-electron chi connectivity index (χ3n) is 4.17. The first-order valence-corrected chi connectivity index (χ1v) is 9.13. The number of nitrogens with zero attached hydrogens (tertiary/aromatic N) is 2. The SMILES string of the molecule is CCS(=O)(=O)N(C)C1CCN(CC2(Br)CC2)CC1. The Labute approximate surface area is 119 Å². The van der Waals surface area contributed by atoms with Gasteiger partial charge in [0.15, 0.2) is 0 Å². The smallest absolute Gasteiger partial charge is 0.213 e. The van der Waals surface area contributed by atoms with Gasteiger partial charge in [-0.1, -0.05) is 15.9 Å². The summed E-state index contributed by atoms with van der Waals surface area (Å²) >= 11 is 3.76. The number of halogens is 1. The molecule has 6 heteroatoms. The predicted molar refractivity (Wildman–Crippen MR) is 77.6 cm³/mol. The number of sulfonamides is 1. The van der Waals surface area contributed by atoms with E-state index in [1.165, 1.54) is 12.8 Å². The summed E-state index contributed by atoms with van der Waals surface area (Å²) in [6.45, 7) is 4.86. The fraction of sp³-hybridized carbons (Fsp3) is 1.00. The minimum atomic E-state index is -3.03. The first-order chi connectivity index (χ1) is 8.36. The van der Waals surface area contributed by atoms with Gasteiger partial charge in [-0.25, -0.2) is 12.7 Å². The second-order valence-corrected chi connectivity index (χ2v) is 9.57. The van der Waals surface area contributed by atoms with E-state index in [0.29, 0.717) is 4.32 Å². The van der Waals surface area contributed by atoms with E-state index in [-0.39, 0.29) is 11.8 Å². The van der Waals surface area contributed by atoms with Gasteiger partial charge >= 0.3 is 0 Å². The molecule has 0 aromatic rings. The molecule has 1 aliphatic heterocycles. The van der Waals surface area contributed by atoms with Crippen LogP contribution in [0, 0.1) is 0 Å². The van der Waals surface area contributed by atoms with Gasteiger partial charge in [0, 0.05) is 24.0 Å². The molecule has 1 saturated carbocycles. The number of hydrogen-bond acceptors (Lipinski definition) is 3. The second kappa shape index (κ2) is 5.38. The Bertz CT molecular complexity index is 387. The number of hydrogen-bond donors (Lipinski definition) is 0. The lowest BCUT2D eigenvalue weighted by atomic mass is 10.1. The number of alkyl halides is 1. The van der Waals surface area contributed by atoms with Crippen LogP contribution in [-0.2, 0) is 10.0 Å². The largest absolute Gasteiger partial charge is 0.302 e. The number of piperidine rings is 1. The van der Waals surface area contributed by atoms with Gasteiger partial charge in [0.2, 0.25) is 10.0 Å². The van der Waals surface area contributed by atoms with Crippen molar-refractivity contribution >= 4 is 26.0 Å². The van der Waals surface area contributed by atoms with Crippen LogP contribution in [0.4, 0.5) is 0 Å². The summed E-state index contributed by atoms with van der Waals surface area (Å²) in [7, 11) is -1.30. The number of likely N-dealkylation sites (tertiary alicyclic amines) is 1. The van der Waals surface area contributed by atoms with Crippen LogP contribution >= 0.6 is 15.9 Å². The molecule has 0 N–H and O–H groups in total. The quantitative estimate of drug-likeness (QED) is 0.716. The zero-order chi connectivity index (χ0) is 13.4. The third-order valence-corrected chi connectivity index (χ3v) is 7.12. The Hall–Kier alpha value is 0.350. The summed E-state index contributed by atoms with van der Waals surface area (Å²) in [6, 6.07) is 0.191. The summed E-state index contributed by atoms with van der Waals surface area (Å²) in [4.78, 5) is 2.46. The van der Waals surface area contributed by atoms with Crippen LogP contribution in [0.1, 0.15) is 32.6 Å². The molecular formula is C12H23BrN2O2S. The van der Waals surface area contributed by atoms with Gasteiger partial charge in [0.05, 0.1) is 5.75 Å². The minimum absolute atomic E-state index is 0.191. The van der Waals surface area contributed by atoms with Crippen LogP contribution in [0.25, 0.3) is 0 Å². The van der Waals surface area contributed by atoms with Gasteiger partial charge in [-0.05, 0) is 45.7 Å². The second-order valence-electron chi connectivity index (χ2n) is 5.57. The third kappa shape index (κ3) is 3.46. The highest BCUT2D eigenvalue weighted by molar-refractivity contribution is 9.10. The molecule has 106 valence electrons. The molecule has 2 fully saturated rings. The van der Waals surface area contributed by atoms with E-state index in [1.807, 2.05) is 0 Å². The molecule has 0 radical (unpaired) electrons. The molecule has 0 spiro atoms. The van der Waals surface area contributed by atoms with E-state index in [2.05, 4.69) is 20.8 Å². The predicted octanol–water partition coefficient (Wildman–Crippen LogP) is 1.66. The van der Waals surface area contributed by atoms with Crippen molar-refractivity contribution in [1.29, 1.82) is 0 Å². The zero-order valence-corrected chi connectivity index (χ0v) is 13.6. The molecule has 4 nitrogen and oxygen atoms in total. The Morgan fingerprint density at radius 1 is 1.33 bits per heavy atom. The maximum atomic E-state index is 11.8. The van der Waals surface area contributed by atoms with Crippen LogP contribution in [0.5, 0.6) is 0 Å². The lowest BCUT2D eigenvalue weighted by molar-refractivity contribution is 0.169. The van der Waals surface area contributed by atoms with Crippen LogP contribution in [0.2, 0.25) is 0 Å². The molecule has 0 atom stereocenters. The Morgan fingerprint density at radius 3 is 2.33 bits per heavy atom. The minimum Gasteiger partial charge on any atom is -0.302 e. The zero-order valence-electron chi connectivity index (χ0n) is 11.2. The molecule has 0 aromatic heterocycles. The summed E-state index contributed by atoms with van der Waals surface area (Å²) in [5, 5.41) is 0. The molecule has 1 aliphatic carbocycles.